The summed E-state index contributed by atoms with van der Waals surface area (Å²) in [4.78, 5) is 9.60. The smallest absolute Gasteiger partial charge is 0.303 e. The van der Waals surface area contributed by atoms with Crippen LogP contribution in [0.25, 0.3) is 0 Å². The standard InChI is InChI=1S/C6H14O4.C4H10O3.C4H8O2.2C2H4/c7-1-3-9-5-6-10-4-2-8;5-1-3-7-4-2-6;1-2-3-4(5)6;2*1-2/h7-8H,1-6H2;5-6H,1-4H2;2-3H2,1H3,(H,5,6);2*1-2H2. The predicted molar refractivity (Wildman–Crippen MR) is 106 cm³/mol. The van der Waals surface area contributed by atoms with Gasteiger partial charge in [0.2, 0.25) is 0 Å². The van der Waals surface area contributed by atoms with Crippen molar-refractivity contribution in [1.82, 2.24) is 0 Å². The quantitative estimate of drug-likeness (QED) is 0.220. The molecule has 27 heavy (non-hydrogen) atoms. The third kappa shape index (κ3) is 79.0. The summed E-state index contributed by atoms with van der Waals surface area (Å²) in [7, 11) is 0. The van der Waals surface area contributed by atoms with Gasteiger partial charge in [-0.05, 0) is 6.42 Å². The lowest BCUT2D eigenvalue weighted by Gasteiger charge is -2.01. The maximum atomic E-state index is 9.60. The Morgan fingerprint density at radius 2 is 0.926 bits per heavy atom. The number of hydrogen-bond donors (Lipinski definition) is 5. The van der Waals surface area contributed by atoms with Crippen LogP contribution in [0, 0.1) is 0 Å². The summed E-state index contributed by atoms with van der Waals surface area (Å²) >= 11 is 0. The van der Waals surface area contributed by atoms with Gasteiger partial charge < -0.3 is 39.7 Å². The van der Waals surface area contributed by atoms with Gasteiger partial charge in [0, 0.05) is 6.42 Å². The molecular weight excluding hydrogens is 360 g/mol. The van der Waals surface area contributed by atoms with E-state index in [0.717, 1.165) is 6.42 Å². The molecule has 0 amide bonds. The summed E-state index contributed by atoms with van der Waals surface area (Å²) in [6.45, 7) is 16.3. The van der Waals surface area contributed by atoms with E-state index in [9.17, 15) is 4.79 Å². The Balaban J connectivity index is -0.0000000842. The van der Waals surface area contributed by atoms with Crippen molar-refractivity contribution in [2.24, 2.45) is 0 Å². The molecule has 0 saturated heterocycles. The highest BCUT2D eigenvalue weighted by atomic mass is 16.5. The van der Waals surface area contributed by atoms with Crippen LogP contribution in [-0.4, -0.2) is 97.6 Å². The molecule has 9 heteroatoms. The molecule has 0 heterocycles. The number of aliphatic hydroxyl groups is 4. The summed E-state index contributed by atoms with van der Waals surface area (Å²) in [6.07, 6.45) is 1.02. The van der Waals surface area contributed by atoms with E-state index in [0.29, 0.717) is 46.1 Å². The molecule has 0 atom stereocenters. The van der Waals surface area contributed by atoms with Gasteiger partial charge in [-0.3, -0.25) is 4.79 Å². The summed E-state index contributed by atoms with van der Waals surface area (Å²) in [6, 6.07) is 0. The van der Waals surface area contributed by atoms with E-state index >= 15 is 0 Å². The van der Waals surface area contributed by atoms with Crippen LogP contribution in [0.5, 0.6) is 0 Å². The number of carboxylic acid groups (broad SMARTS) is 1. The molecule has 9 nitrogen and oxygen atoms in total. The zero-order chi connectivity index (χ0) is 22.2. The Morgan fingerprint density at radius 3 is 1.07 bits per heavy atom. The molecule has 0 unspecified atom stereocenters. The average molecular weight is 401 g/mol. The lowest BCUT2D eigenvalue weighted by Crippen LogP contribution is -2.09. The van der Waals surface area contributed by atoms with Gasteiger partial charge in [-0.2, -0.15) is 0 Å². The van der Waals surface area contributed by atoms with Crippen LogP contribution < -0.4 is 0 Å². The van der Waals surface area contributed by atoms with E-state index < -0.39 is 5.97 Å². The van der Waals surface area contributed by atoms with Crippen molar-refractivity contribution in [2.75, 3.05) is 66.1 Å². The minimum Gasteiger partial charge on any atom is -0.481 e. The Morgan fingerprint density at radius 1 is 0.667 bits per heavy atom. The van der Waals surface area contributed by atoms with Crippen LogP contribution >= 0.6 is 0 Å². The molecule has 0 bridgehead atoms. The van der Waals surface area contributed by atoms with Gasteiger partial charge in [0.05, 0.1) is 66.1 Å². The molecular formula is C18H40O9. The topological polar surface area (TPSA) is 146 Å². The highest BCUT2D eigenvalue weighted by molar-refractivity contribution is 5.66. The van der Waals surface area contributed by atoms with Crippen molar-refractivity contribution in [3.05, 3.63) is 26.3 Å². The van der Waals surface area contributed by atoms with E-state index in [1.54, 1.807) is 0 Å². The summed E-state index contributed by atoms with van der Waals surface area (Å²) in [5, 5.41) is 40.6. The van der Waals surface area contributed by atoms with Gasteiger partial charge >= 0.3 is 5.97 Å². The second kappa shape index (κ2) is 49.7. The third-order valence-corrected chi connectivity index (χ3v) is 1.78. The number of aliphatic hydroxyl groups excluding tert-OH is 4. The fourth-order valence-electron chi connectivity index (χ4n) is 0.896. The molecule has 166 valence electrons. The fraction of sp³-hybridized carbons (Fsp3) is 0.722. The van der Waals surface area contributed by atoms with Gasteiger partial charge in [-0.25, -0.2) is 0 Å². The number of ether oxygens (including phenoxy) is 3. The SMILES string of the molecule is C=C.C=C.CCCC(=O)O.OCCOCCO.OCCOCCOCCO. The first-order valence-electron chi connectivity index (χ1n) is 8.49. The summed E-state index contributed by atoms with van der Waals surface area (Å²) < 4.78 is 14.4. The second-order valence-electron chi connectivity index (χ2n) is 3.88. The van der Waals surface area contributed by atoms with E-state index in [1.807, 2.05) is 6.92 Å². The van der Waals surface area contributed by atoms with Crippen molar-refractivity contribution in [2.45, 2.75) is 19.8 Å². The molecule has 5 N–H and O–H groups in total. The molecule has 0 radical (unpaired) electrons. The molecule has 0 rings (SSSR count). The molecule has 0 spiro atoms. The second-order valence-corrected chi connectivity index (χ2v) is 3.88. The van der Waals surface area contributed by atoms with Crippen LogP contribution in [0.15, 0.2) is 26.3 Å². The molecule has 0 aliphatic heterocycles. The highest BCUT2D eigenvalue weighted by Gasteiger charge is 1.87. The van der Waals surface area contributed by atoms with Crippen LogP contribution in [0.2, 0.25) is 0 Å². The van der Waals surface area contributed by atoms with Crippen molar-refractivity contribution in [3.8, 4) is 0 Å². The molecule has 0 aromatic rings. The predicted octanol–water partition coefficient (Wildman–Crippen LogP) is 0.467. The van der Waals surface area contributed by atoms with Crippen LogP contribution in [0.1, 0.15) is 19.8 Å². The first-order valence-corrected chi connectivity index (χ1v) is 8.49. The Hall–Kier alpha value is -1.33. The Kier molecular flexibility index (Phi) is 67.4. The zero-order valence-electron chi connectivity index (χ0n) is 16.7. The van der Waals surface area contributed by atoms with Gasteiger partial charge in [-0.15, -0.1) is 26.3 Å². The monoisotopic (exact) mass is 400 g/mol. The number of hydrogen-bond acceptors (Lipinski definition) is 8. The van der Waals surface area contributed by atoms with Crippen molar-refractivity contribution < 1.29 is 44.5 Å². The molecule has 0 aliphatic rings. The number of carboxylic acids is 1. The molecule has 0 aromatic heterocycles. The molecule has 0 saturated carbocycles. The first kappa shape index (κ1) is 36.6. The van der Waals surface area contributed by atoms with E-state index in [-0.39, 0.29) is 26.4 Å². The summed E-state index contributed by atoms with van der Waals surface area (Å²) in [5.41, 5.74) is 0. The maximum Gasteiger partial charge on any atom is 0.303 e. The number of rotatable bonds is 13. The van der Waals surface area contributed by atoms with E-state index in [1.165, 1.54) is 0 Å². The van der Waals surface area contributed by atoms with E-state index in [2.05, 4.69) is 31.1 Å². The normalized spacial score (nSPS) is 8.33. The highest BCUT2D eigenvalue weighted by Crippen LogP contribution is 1.82. The Labute approximate surface area is 163 Å². The van der Waals surface area contributed by atoms with E-state index in [4.69, 9.17) is 35.0 Å². The Bertz CT molecular complexity index is 215. The maximum absolute atomic E-state index is 9.60. The van der Waals surface area contributed by atoms with Crippen LogP contribution in [-0.2, 0) is 19.0 Å². The molecule has 0 aromatic carbocycles. The average Bonchev–Trinajstić information content (AvgIpc) is 2.69. The van der Waals surface area contributed by atoms with Crippen molar-refractivity contribution in [1.29, 1.82) is 0 Å². The first-order chi connectivity index (χ1) is 13.1. The van der Waals surface area contributed by atoms with Crippen LogP contribution in [0.3, 0.4) is 0 Å². The number of carbonyl (C=O) groups is 1. The number of aliphatic carboxylic acids is 1. The largest absolute Gasteiger partial charge is 0.481 e. The molecule has 0 aliphatic carbocycles. The lowest BCUT2D eigenvalue weighted by molar-refractivity contribution is -0.137. The minimum absolute atomic E-state index is 0.0278. The zero-order valence-corrected chi connectivity index (χ0v) is 16.7. The van der Waals surface area contributed by atoms with Gasteiger partial charge in [0.25, 0.3) is 0 Å². The van der Waals surface area contributed by atoms with Gasteiger partial charge in [0.1, 0.15) is 0 Å². The molecule has 0 fully saturated rings. The van der Waals surface area contributed by atoms with Gasteiger partial charge in [0.15, 0.2) is 0 Å². The summed E-state index contributed by atoms with van der Waals surface area (Å²) in [5.74, 6) is -0.711. The van der Waals surface area contributed by atoms with Crippen molar-refractivity contribution in [3.63, 3.8) is 0 Å². The van der Waals surface area contributed by atoms with Crippen LogP contribution in [0.4, 0.5) is 0 Å². The lowest BCUT2D eigenvalue weighted by atomic mass is 10.4. The van der Waals surface area contributed by atoms with Gasteiger partial charge in [-0.1, -0.05) is 6.92 Å². The van der Waals surface area contributed by atoms with Crippen molar-refractivity contribution >= 4 is 5.97 Å². The minimum atomic E-state index is -0.711. The third-order valence-electron chi connectivity index (χ3n) is 1.78. The fourth-order valence-corrected chi connectivity index (χ4v) is 0.896.